The lowest BCUT2D eigenvalue weighted by Gasteiger charge is -2.44. The minimum absolute atomic E-state index is 0.0869. The number of oxazole rings is 1. The van der Waals surface area contributed by atoms with E-state index in [4.69, 9.17) is 13.9 Å². The lowest BCUT2D eigenvalue weighted by Crippen LogP contribution is -2.57. The highest BCUT2D eigenvalue weighted by atomic mass is 16.6. The fourth-order valence-electron chi connectivity index (χ4n) is 5.14. The van der Waals surface area contributed by atoms with Crippen LogP contribution in [0.5, 0.6) is 0 Å². The number of rotatable bonds is 7. The van der Waals surface area contributed by atoms with Gasteiger partial charge in [0, 0.05) is 38.0 Å². The zero-order chi connectivity index (χ0) is 23.5. The van der Waals surface area contributed by atoms with E-state index >= 15 is 0 Å². The van der Waals surface area contributed by atoms with Gasteiger partial charge in [-0.05, 0) is 43.9 Å². The molecule has 2 aliphatic rings. The molecule has 2 atom stereocenters. The van der Waals surface area contributed by atoms with Crippen molar-refractivity contribution >= 4 is 22.7 Å². The van der Waals surface area contributed by atoms with E-state index in [2.05, 4.69) is 22.3 Å². The van der Waals surface area contributed by atoms with E-state index < -0.39 is 0 Å². The number of anilines is 1. The Hall–Kier alpha value is -2.94. The lowest BCUT2D eigenvalue weighted by molar-refractivity contribution is -0.159. The average Bonchev–Trinajstić information content (AvgIpc) is 3.43. The summed E-state index contributed by atoms with van der Waals surface area (Å²) in [5.74, 6) is -0.499. The fraction of sp³-hybridized carbons (Fsp3) is 0.462. The van der Waals surface area contributed by atoms with Gasteiger partial charge in [0.1, 0.15) is 0 Å². The van der Waals surface area contributed by atoms with E-state index in [1.165, 1.54) is 0 Å². The van der Waals surface area contributed by atoms with Crippen molar-refractivity contribution in [2.75, 3.05) is 31.6 Å². The largest absolute Gasteiger partial charge is 0.419 e. The van der Waals surface area contributed by atoms with Crippen LogP contribution in [-0.4, -0.2) is 53.3 Å². The number of hydrogen-bond donors (Lipinski definition) is 1. The van der Waals surface area contributed by atoms with Crippen molar-refractivity contribution in [1.29, 1.82) is 0 Å². The van der Waals surface area contributed by atoms with E-state index in [1.54, 1.807) is 22.8 Å². The zero-order valence-electron chi connectivity index (χ0n) is 19.5. The summed E-state index contributed by atoms with van der Waals surface area (Å²) >= 11 is 0. The Labute approximate surface area is 198 Å². The van der Waals surface area contributed by atoms with Crippen LogP contribution in [0.2, 0.25) is 0 Å². The number of hydrogen-bond acceptors (Lipinski definition) is 6. The summed E-state index contributed by atoms with van der Waals surface area (Å²) in [4.78, 5) is 26.9. The van der Waals surface area contributed by atoms with Crippen LogP contribution in [0.15, 0.2) is 57.7 Å². The van der Waals surface area contributed by atoms with Crippen molar-refractivity contribution in [1.82, 2.24) is 9.47 Å². The van der Waals surface area contributed by atoms with Crippen molar-refractivity contribution in [3.8, 4) is 0 Å². The first-order chi connectivity index (χ1) is 16.6. The molecule has 180 valence electrons. The number of likely N-dealkylation sites (tertiary alicyclic amines) is 1. The standard InChI is InChI=1S/C26H31N3O5/c1-2-29-21-10-9-20(15-22(21)34-25(29)31)27-24(30)17-28-13-12-26(11-6-14-33-26)23(16-28)32-18-19-7-4-3-5-8-19/h3-5,7-10,15,23H,2,6,11-14,16-18H2,1H3,(H,27,30)/t23-,26-/m0/s1. The van der Waals surface area contributed by atoms with Crippen LogP contribution in [0.25, 0.3) is 11.1 Å². The predicted octanol–water partition coefficient (Wildman–Crippen LogP) is 3.39. The molecule has 8 nitrogen and oxygen atoms in total. The van der Waals surface area contributed by atoms with Crippen LogP contribution in [0.3, 0.4) is 0 Å². The van der Waals surface area contributed by atoms with Gasteiger partial charge in [0.15, 0.2) is 5.58 Å². The van der Waals surface area contributed by atoms with Crippen LogP contribution >= 0.6 is 0 Å². The van der Waals surface area contributed by atoms with Gasteiger partial charge >= 0.3 is 5.76 Å². The van der Waals surface area contributed by atoms with Crippen molar-refractivity contribution in [2.24, 2.45) is 0 Å². The molecule has 0 bridgehead atoms. The number of amides is 1. The van der Waals surface area contributed by atoms with Gasteiger partial charge in [-0.15, -0.1) is 0 Å². The van der Waals surface area contributed by atoms with Gasteiger partial charge in [0.25, 0.3) is 0 Å². The number of aryl methyl sites for hydroxylation is 1. The molecule has 2 fully saturated rings. The summed E-state index contributed by atoms with van der Waals surface area (Å²) in [6.07, 6.45) is 2.80. The number of fused-ring (bicyclic) bond motifs is 1. The summed E-state index contributed by atoms with van der Waals surface area (Å²) in [5.41, 5.74) is 2.68. The molecule has 0 aliphatic carbocycles. The van der Waals surface area contributed by atoms with E-state index in [9.17, 15) is 9.59 Å². The van der Waals surface area contributed by atoms with Gasteiger partial charge in [-0.25, -0.2) is 4.79 Å². The zero-order valence-corrected chi connectivity index (χ0v) is 19.5. The number of carbonyl (C=O) groups is 1. The second kappa shape index (κ2) is 9.74. The maximum absolute atomic E-state index is 12.8. The molecule has 34 heavy (non-hydrogen) atoms. The first-order valence-corrected chi connectivity index (χ1v) is 12.0. The molecule has 3 aromatic rings. The molecule has 8 heteroatoms. The third-order valence-electron chi connectivity index (χ3n) is 6.93. The maximum Gasteiger partial charge on any atom is 0.419 e. The van der Waals surface area contributed by atoms with Gasteiger partial charge in [-0.2, -0.15) is 0 Å². The third kappa shape index (κ3) is 4.66. The Kier molecular flexibility index (Phi) is 6.54. The highest BCUT2D eigenvalue weighted by molar-refractivity contribution is 5.94. The minimum Gasteiger partial charge on any atom is -0.408 e. The molecule has 1 N–H and O–H groups in total. The summed E-state index contributed by atoms with van der Waals surface area (Å²) in [6, 6.07) is 15.4. The van der Waals surface area contributed by atoms with Crippen molar-refractivity contribution in [3.05, 3.63) is 64.6 Å². The molecule has 0 unspecified atom stereocenters. The van der Waals surface area contributed by atoms with Gasteiger partial charge in [-0.3, -0.25) is 14.3 Å². The van der Waals surface area contributed by atoms with Crippen molar-refractivity contribution in [2.45, 2.75) is 51.0 Å². The van der Waals surface area contributed by atoms with Crippen LogP contribution < -0.4 is 11.1 Å². The summed E-state index contributed by atoms with van der Waals surface area (Å²) in [6.45, 7) is 5.41. The Morgan fingerprint density at radius 1 is 1.21 bits per heavy atom. The van der Waals surface area contributed by atoms with E-state index in [0.717, 1.165) is 43.5 Å². The quantitative estimate of drug-likeness (QED) is 0.576. The number of nitrogens with zero attached hydrogens (tertiary/aromatic N) is 2. The van der Waals surface area contributed by atoms with E-state index in [0.29, 0.717) is 31.0 Å². The van der Waals surface area contributed by atoms with Crippen LogP contribution in [0, 0.1) is 0 Å². The monoisotopic (exact) mass is 465 g/mol. The first-order valence-electron chi connectivity index (χ1n) is 12.0. The highest BCUT2D eigenvalue weighted by Gasteiger charge is 2.47. The first kappa shape index (κ1) is 22.8. The van der Waals surface area contributed by atoms with Gasteiger partial charge in [-0.1, -0.05) is 30.3 Å². The normalized spacial score (nSPS) is 23.0. The molecular formula is C26H31N3O5. The van der Waals surface area contributed by atoms with Gasteiger partial charge in [0.2, 0.25) is 5.91 Å². The highest BCUT2D eigenvalue weighted by Crippen LogP contribution is 2.38. The molecule has 2 aliphatic heterocycles. The summed E-state index contributed by atoms with van der Waals surface area (Å²) in [5, 5.41) is 2.94. The number of aromatic nitrogens is 1. The smallest absolute Gasteiger partial charge is 0.408 e. The number of carbonyl (C=O) groups excluding carboxylic acids is 1. The second-order valence-corrected chi connectivity index (χ2v) is 9.13. The molecule has 0 saturated carbocycles. The predicted molar refractivity (Wildman–Crippen MR) is 129 cm³/mol. The molecule has 2 saturated heterocycles. The van der Waals surface area contributed by atoms with Crippen molar-refractivity contribution < 1.29 is 18.7 Å². The Balaban J connectivity index is 1.22. The topological polar surface area (TPSA) is 85.9 Å². The van der Waals surface area contributed by atoms with Crippen molar-refractivity contribution in [3.63, 3.8) is 0 Å². The molecular weight excluding hydrogens is 434 g/mol. The minimum atomic E-state index is -0.390. The number of piperidine rings is 1. The SMILES string of the molecule is CCn1c(=O)oc2cc(NC(=O)CN3CC[C@@]4(CCCO4)[C@@H](OCc4ccccc4)C3)ccc21. The summed E-state index contributed by atoms with van der Waals surface area (Å²) < 4.78 is 19.4. The van der Waals surface area contributed by atoms with Gasteiger partial charge in [0.05, 0.1) is 30.4 Å². The van der Waals surface area contributed by atoms with Crippen LogP contribution in [0.4, 0.5) is 5.69 Å². The Morgan fingerprint density at radius 2 is 2.06 bits per heavy atom. The fourth-order valence-corrected chi connectivity index (χ4v) is 5.14. The molecule has 1 spiro atoms. The van der Waals surface area contributed by atoms with E-state index in [1.807, 2.05) is 25.1 Å². The second-order valence-electron chi connectivity index (χ2n) is 9.13. The van der Waals surface area contributed by atoms with Crippen LogP contribution in [-0.2, 0) is 27.4 Å². The molecule has 1 amide bonds. The summed E-state index contributed by atoms with van der Waals surface area (Å²) in [7, 11) is 0. The maximum atomic E-state index is 12.8. The molecule has 2 aromatic carbocycles. The Morgan fingerprint density at radius 3 is 2.82 bits per heavy atom. The van der Waals surface area contributed by atoms with E-state index in [-0.39, 0.29) is 29.9 Å². The molecule has 0 radical (unpaired) electrons. The number of benzene rings is 2. The molecule has 5 rings (SSSR count). The lowest BCUT2D eigenvalue weighted by atomic mass is 9.85. The Bertz CT molecular complexity index is 1200. The molecule has 3 heterocycles. The van der Waals surface area contributed by atoms with Gasteiger partial charge < -0.3 is 19.2 Å². The average molecular weight is 466 g/mol. The number of ether oxygens (including phenoxy) is 2. The third-order valence-corrected chi connectivity index (χ3v) is 6.93. The van der Waals surface area contributed by atoms with Crippen LogP contribution in [0.1, 0.15) is 31.7 Å². The number of nitrogens with one attached hydrogen (secondary N) is 1. The molecule has 1 aromatic heterocycles.